The van der Waals surface area contributed by atoms with Crippen molar-refractivity contribution in [1.82, 2.24) is 4.98 Å². The average molecular weight is 352 g/mol. The highest BCUT2D eigenvalue weighted by molar-refractivity contribution is 5.53. The maximum Gasteiger partial charge on any atom is 0.226 e. The molecule has 0 bridgehead atoms. The molecular weight excluding hydrogens is 328 g/mol. The molecule has 136 valence electrons. The van der Waals surface area contributed by atoms with Crippen LogP contribution in [0.1, 0.15) is 23.4 Å². The number of benzene rings is 2. The molecule has 1 aromatic heterocycles. The number of nitrogens with zero attached hydrogens (tertiary/aromatic N) is 1. The Labute approximate surface area is 153 Å². The second-order valence-electron chi connectivity index (χ2n) is 6.24. The lowest BCUT2D eigenvalue weighted by Crippen LogP contribution is -2.19. The van der Waals surface area contributed by atoms with Crippen LogP contribution in [-0.2, 0) is 12.8 Å². The van der Waals surface area contributed by atoms with Crippen molar-refractivity contribution in [3.63, 3.8) is 0 Å². The van der Waals surface area contributed by atoms with Crippen LogP contribution in [0.2, 0.25) is 0 Å². The number of nitrogens with two attached hydrogens (primary N) is 1. The third kappa shape index (κ3) is 4.94. The fourth-order valence-electron chi connectivity index (χ4n) is 2.70. The first-order valence-corrected chi connectivity index (χ1v) is 8.79. The molecule has 0 spiro atoms. The van der Waals surface area contributed by atoms with Crippen molar-refractivity contribution in [1.29, 1.82) is 0 Å². The summed E-state index contributed by atoms with van der Waals surface area (Å²) in [5.41, 5.74) is 8.37. The van der Waals surface area contributed by atoms with E-state index in [-0.39, 0.29) is 0 Å². The third-order valence-corrected chi connectivity index (χ3v) is 4.17. The number of aryl methyl sites for hydroxylation is 2. The van der Waals surface area contributed by atoms with Gasteiger partial charge >= 0.3 is 0 Å². The molecule has 5 nitrogen and oxygen atoms in total. The Bertz CT molecular complexity index is 811. The van der Waals surface area contributed by atoms with Crippen LogP contribution in [0, 0.1) is 6.92 Å². The molecule has 0 aliphatic carbocycles. The standard InChI is InChI=1S/C21H24N2O3/c1-15-19(23-21(26-15)17-5-3-2-4-6-17)13-14-25-18-10-7-16(8-11-18)9-12-20(22)24/h2-8,10-11,20,24H,9,12-14,22H2,1H3. The minimum atomic E-state index is -0.766. The Morgan fingerprint density at radius 2 is 1.81 bits per heavy atom. The first kappa shape index (κ1) is 18.2. The van der Waals surface area contributed by atoms with Crippen LogP contribution in [0.25, 0.3) is 11.5 Å². The molecule has 0 saturated heterocycles. The first-order chi connectivity index (χ1) is 12.6. The van der Waals surface area contributed by atoms with Gasteiger partial charge in [0.05, 0.1) is 12.3 Å². The minimum Gasteiger partial charge on any atom is -0.493 e. The Morgan fingerprint density at radius 3 is 2.50 bits per heavy atom. The predicted octanol–water partition coefficient (Wildman–Crippen LogP) is 3.48. The number of aromatic nitrogens is 1. The molecular formula is C21H24N2O3. The molecule has 1 atom stereocenters. The quantitative estimate of drug-likeness (QED) is 0.607. The van der Waals surface area contributed by atoms with E-state index >= 15 is 0 Å². The summed E-state index contributed by atoms with van der Waals surface area (Å²) in [6, 6.07) is 17.7. The first-order valence-electron chi connectivity index (χ1n) is 8.79. The zero-order chi connectivity index (χ0) is 18.4. The SMILES string of the molecule is Cc1oc(-c2ccccc2)nc1CCOc1ccc(CCC(N)O)cc1. The lowest BCUT2D eigenvalue weighted by molar-refractivity contribution is 0.172. The van der Waals surface area contributed by atoms with Crippen LogP contribution in [0.5, 0.6) is 5.75 Å². The van der Waals surface area contributed by atoms with E-state index in [4.69, 9.17) is 20.0 Å². The fourth-order valence-corrected chi connectivity index (χ4v) is 2.70. The van der Waals surface area contributed by atoms with Crippen molar-refractivity contribution < 1.29 is 14.3 Å². The smallest absolute Gasteiger partial charge is 0.226 e. The summed E-state index contributed by atoms with van der Waals surface area (Å²) in [7, 11) is 0. The molecule has 1 unspecified atom stereocenters. The molecule has 0 radical (unpaired) electrons. The molecule has 0 aliphatic heterocycles. The second kappa shape index (κ2) is 8.65. The number of hydrogen-bond donors (Lipinski definition) is 2. The van der Waals surface area contributed by atoms with Crippen molar-refractivity contribution in [2.24, 2.45) is 5.73 Å². The maximum atomic E-state index is 9.13. The van der Waals surface area contributed by atoms with Gasteiger partial charge in [-0.2, -0.15) is 0 Å². The predicted molar refractivity (Wildman–Crippen MR) is 101 cm³/mol. The van der Waals surface area contributed by atoms with Crippen LogP contribution in [0.15, 0.2) is 59.0 Å². The van der Waals surface area contributed by atoms with E-state index in [1.807, 2.05) is 61.5 Å². The summed E-state index contributed by atoms with van der Waals surface area (Å²) in [5.74, 6) is 2.28. The van der Waals surface area contributed by atoms with E-state index < -0.39 is 6.23 Å². The van der Waals surface area contributed by atoms with Gasteiger partial charge in [-0.25, -0.2) is 4.98 Å². The van der Waals surface area contributed by atoms with E-state index in [2.05, 4.69) is 4.98 Å². The number of aliphatic hydroxyl groups excluding tert-OH is 1. The zero-order valence-electron chi connectivity index (χ0n) is 14.9. The molecule has 3 aromatic rings. The summed E-state index contributed by atoms with van der Waals surface area (Å²) in [6.45, 7) is 2.46. The van der Waals surface area contributed by atoms with Gasteiger partial charge < -0.3 is 20.0 Å². The summed E-state index contributed by atoms with van der Waals surface area (Å²) in [4.78, 5) is 4.58. The molecule has 2 aromatic carbocycles. The number of rotatable bonds is 8. The van der Waals surface area contributed by atoms with E-state index in [9.17, 15) is 0 Å². The molecule has 0 saturated carbocycles. The highest BCUT2D eigenvalue weighted by Crippen LogP contribution is 2.22. The lowest BCUT2D eigenvalue weighted by atomic mass is 10.1. The number of hydrogen-bond acceptors (Lipinski definition) is 5. The molecule has 0 aliphatic rings. The lowest BCUT2D eigenvalue weighted by Gasteiger charge is -2.07. The van der Waals surface area contributed by atoms with Crippen molar-refractivity contribution in [2.75, 3.05) is 6.61 Å². The van der Waals surface area contributed by atoms with Crippen LogP contribution < -0.4 is 10.5 Å². The van der Waals surface area contributed by atoms with Gasteiger partial charge in [-0.15, -0.1) is 0 Å². The van der Waals surface area contributed by atoms with Crippen LogP contribution in [-0.4, -0.2) is 22.9 Å². The van der Waals surface area contributed by atoms with Crippen LogP contribution >= 0.6 is 0 Å². The number of oxazole rings is 1. The van der Waals surface area contributed by atoms with Gasteiger partial charge in [-0.1, -0.05) is 30.3 Å². The highest BCUT2D eigenvalue weighted by Gasteiger charge is 2.11. The number of aliphatic hydroxyl groups is 1. The highest BCUT2D eigenvalue weighted by atomic mass is 16.5. The Hall–Kier alpha value is -2.63. The third-order valence-electron chi connectivity index (χ3n) is 4.17. The van der Waals surface area contributed by atoms with Gasteiger partial charge in [0, 0.05) is 12.0 Å². The van der Waals surface area contributed by atoms with Gasteiger partial charge in [0.15, 0.2) is 0 Å². The van der Waals surface area contributed by atoms with Crippen molar-refractivity contribution in [2.45, 2.75) is 32.4 Å². The summed E-state index contributed by atoms with van der Waals surface area (Å²) in [5, 5.41) is 9.13. The molecule has 26 heavy (non-hydrogen) atoms. The van der Waals surface area contributed by atoms with Crippen molar-refractivity contribution in [3.8, 4) is 17.2 Å². The van der Waals surface area contributed by atoms with Gasteiger partial charge in [0.1, 0.15) is 17.7 Å². The summed E-state index contributed by atoms with van der Waals surface area (Å²) in [6.07, 6.45) is 1.22. The van der Waals surface area contributed by atoms with E-state index in [0.29, 0.717) is 25.3 Å². The molecule has 3 rings (SSSR count). The maximum absolute atomic E-state index is 9.13. The van der Waals surface area contributed by atoms with Crippen LogP contribution in [0.3, 0.4) is 0 Å². The molecule has 5 heteroatoms. The van der Waals surface area contributed by atoms with Crippen molar-refractivity contribution in [3.05, 3.63) is 71.6 Å². The second-order valence-corrected chi connectivity index (χ2v) is 6.24. The summed E-state index contributed by atoms with van der Waals surface area (Å²) < 4.78 is 11.6. The average Bonchev–Trinajstić information content (AvgIpc) is 3.03. The molecule has 1 heterocycles. The Balaban J connectivity index is 1.53. The topological polar surface area (TPSA) is 81.5 Å². The molecule has 0 fully saturated rings. The van der Waals surface area contributed by atoms with E-state index in [1.165, 1.54) is 0 Å². The Kier molecular flexibility index (Phi) is 6.04. The van der Waals surface area contributed by atoms with Gasteiger partial charge in [-0.05, 0) is 49.6 Å². The van der Waals surface area contributed by atoms with Gasteiger partial charge in [-0.3, -0.25) is 0 Å². The van der Waals surface area contributed by atoms with Crippen molar-refractivity contribution >= 4 is 0 Å². The van der Waals surface area contributed by atoms with E-state index in [1.54, 1.807) is 0 Å². The van der Waals surface area contributed by atoms with Gasteiger partial charge in [0.25, 0.3) is 0 Å². The molecule has 3 N–H and O–H groups in total. The summed E-state index contributed by atoms with van der Waals surface area (Å²) >= 11 is 0. The zero-order valence-corrected chi connectivity index (χ0v) is 14.9. The largest absolute Gasteiger partial charge is 0.493 e. The van der Waals surface area contributed by atoms with E-state index in [0.717, 1.165) is 34.8 Å². The monoisotopic (exact) mass is 352 g/mol. The molecule has 0 amide bonds. The Morgan fingerprint density at radius 1 is 1.08 bits per heavy atom. The number of ether oxygens (including phenoxy) is 1. The van der Waals surface area contributed by atoms with Crippen LogP contribution in [0.4, 0.5) is 0 Å². The normalized spacial score (nSPS) is 12.1. The minimum absolute atomic E-state index is 0.530. The fraction of sp³-hybridized carbons (Fsp3) is 0.286. The van der Waals surface area contributed by atoms with Gasteiger partial charge in [0.2, 0.25) is 5.89 Å².